The Kier molecular flexibility index (Phi) is 5.96. The number of benzene rings is 2. The molecule has 2 aromatic rings. The van der Waals surface area contributed by atoms with Gasteiger partial charge in [0.15, 0.2) is 0 Å². The number of piperidine rings is 2. The molecule has 4 rings (SSSR count). The third-order valence-corrected chi connectivity index (χ3v) is 6.17. The first kappa shape index (κ1) is 19.0. The summed E-state index contributed by atoms with van der Waals surface area (Å²) in [6, 6.07) is 18.8. The van der Waals surface area contributed by atoms with E-state index in [-0.39, 0.29) is 12.1 Å². The van der Waals surface area contributed by atoms with Crippen LogP contribution in [0, 0.1) is 0 Å². The highest BCUT2D eigenvalue weighted by atomic mass is 16.5. The summed E-state index contributed by atoms with van der Waals surface area (Å²) in [6.45, 7) is 4.10. The molecule has 148 valence electrons. The number of ether oxygens (including phenoxy) is 1. The van der Waals surface area contributed by atoms with Gasteiger partial charge in [0.1, 0.15) is 6.10 Å². The molecule has 2 saturated heterocycles. The highest BCUT2D eigenvalue weighted by Gasteiger charge is 2.23. The molecule has 4 nitrogen and oxygen atoms in total. The Balaban J connectivity index is 1.30. The van der Waals surface area contributed by atoms with Crippen LogP contribution < -0.4 is 4.90 Å². The maximum absolute atomic E-state index is 12.4. The van der Waals surface area contributed by atoms with E-state index in [1.165, 1.54) is 24.1 Å². The van der Waals surface area contributed by atoms with Gasteiger partial charge in [-0.15, -0.1) is 0 Å². The Bertz CT molecular complexity index is 759. The molecular formula is C24H30N2O2. The fourth-order valence-electron chi connectivity index (χ4n) is 4.33. The van der Waals surface area contributed by atoms with Gasteiger partial charge >= 0.3 is 5.97 Å². The summed E-state index contributed by atoms with van der Waals surface area (Å²) in [6.07, 6.45) is 4.25. The lowest BCUT2D eigenvalue weighted by Gasteiger charge is -2.34. The van der Waals surface area contributed by atoms with E-state index in [1.54, 1.807) is 0 Å². The zero-order valence-corrected chi connectivity index (χ0v) is 16.7. The second kappa shape index (κ2) is 8.78. The van der Waals surface area contributed by atoms with Gasteiger partial charge in [-0.3, -0.25) is 0 Å². The van der Waals surface area contributed by atoms with E-state index in [2.05, 4.69) is 59.3 Å². The lowest BCUT2D eigenvalue weighted by molar-refractivity contribution is 0.0139. The van der Waals surface area contributed by atoms with Crippen LogP contribution in [0.15, 0.2) is 54.6 Å². The van der Waals surface area contributed by atoms with E-state index >= 15 is 0 Å². The number of hydrogen-bond donors (Lipinski definition) is 0. The number of nitrogens with zero attached hydrogens (tertiary/aromatic N) is 2. The highest BCUT2D eigenvalue weighted by Crippen LogP contribution is 2.30. The van der Waals surface area contributed by atoms with E-state index < -0.39 is 0 Å². The van der Waals surface area contributed by atoms with Crippen LogP contribution in [-0.2, 0) is 4.74 Å². The van der Waals surface area contributed by atoms with Crippen LogP contribution in [0.4, 0.5) is 5.69 Å². The monoisotopic (exact) mass is 378 g/mol. The van der Waals surface area contributed by atoms with Crippen LogP contribution in [0.1, 0.15) is 47.5 Å². The van der Waals surface area contributed by atoms with Crippen molar-refractivity contribution in [2.75, 3.05) is 38.1 Å². The molecule has 0 amide bonds. The van der Waals surface area contributed by atoms with Crippen molar-refractivity contribution in [3.63, 3.8) is 0 Å². The van der Waals surface area contributed by atoms with E-state index in [4.69, 9.17) is 4.74 Å². The number of anilines is 1. The van der Waals surface area contributed by atoms with Crippen LogP contribution in [-0.4, -0.2) is 50.2 Å². The van der Waals surface area contributed by atoms with Gasteiger partial charge in [0.25, 0.3) is 0 Å². The highest BCUT2D eigenvalue weighted by molar-refractivity contribution is 5.90. The molecule has 2 aliphatic rings. The second-order valence-electron chi connectivity index (χ2n) is 8.13. The van der Waals surface area contributed by atoms with Gasteiger partial charge in [0.05, 0.1) is 5.56 Å². The molecule has 2 aliphatic heterocycles. The largest absolute Gasteiger partial charge is 0.459 e. The number of hydrogen-bond acceptors (Lipinski definition) is 4. The van der Waals surface area contributed by atoms with Gasteiger partial charge in [-0.2, -0.15) is 0 Å². The molecule has 2 aromatic carbocycles. The molecule has 0 N–H and O–H groups in total. The van der Waals surface area contributed by atoms with Crippen molar-refractivity contribution in [2.24, 2.45) is 0 Å². The number of esters is 1. The van der Waals surface area contributed by atoms with Gasteiger partial charge in [-0.1, -0.05) is 30.3 Å². The maximum Gasteiger partial charge on any atom is 0.338 e. The summed E-state index contributed by atoms with van der Waals surface area (Å²) >= 11 is 0. The third kappa shape index (κ3) is 4.56. The Morgan fingerprint density at radius 2 is 1.50 bits per heavy atom. The number of carbonyl (C=O) groups is 1. The molecule has 0 aliphatic carbocycles. The standard InChI is InChI=1S/C24H30N2O2/c1-25-15-13-23(14-16-25)28-24(27)21-7-9-22(10-8-21)26-17-11-20(12-18-26)19-5-3-2-4-6-19/h2-10,20,23H,11-18H2,1H3. The minimum Gasteiger partial charge on any atom is -0.459 e. The first-order chi connectivity index (χ1) is 13.7. The van der Waals surface area contributed by atoms with Crippen LogP contribution >= 0.6 is 0 Å². The minimum absolute atomic E-state index is 0.0559. The quantitative estimate of drug-likeness (QED) is 0.742. The molecule has 2 heterocycles. The first-order valence-corrected chi connectivity index (χ1v) is 10.5. The first-order valence-electron chi connectivity index (χ1n) is 10.5. The van der Waals surface area contributed by atoms with Gasteiger partial charge in [-0.05, 0) is 68.5 Å². The summed E-state index contributed by atoms with van der Waals surface area (Å²) in [5.41, 5.74) is 3.30. The van der Waals surface area contributed by atoms with Crippen molar-refractivity contribution >= 4 is 11.7 Å². The summed E-state index contributed by atoms with van der Waals surface area (Å²) in [7, 11) is 2.11. The van der Waals surface area contributed by atoms with Gasteiger partial charge in [0, 0.05) is 31.9 Å². The van der Waals surface area contributed by atoms with Gasteiger partial charge in [0.2, 0.25) is 0 Å². The molecule has 0 unspecified atom stereocenters. The lowest BCUT2D eigenvalue weighted by atomic mass is 9.89. The molecule has 28 heavy (non-hydrogen) atoms. The molecule has 0 spiro atoms. The molecule has 2 fully saturated rings. The topological polar surface area (TPSA) is 32.8 Å². The Morgan fingerprint density at radius 3 is 2.14 bits per heavy atom. The molecule has 4 heteroatoms. The van der Waals surface area contributed by atoms with Crippen LogP contribution in [0.3, 0.4) is 0 Å². The average Bonchev–Trinajstić information content (AvgIpc) is 2.76. The second-order valence-corrected chi connectivity index (χ2v) is 8.13. The Hall–Kier alpha value is -2.33. The predicted molar refractivity (Wildman–Crippen MR) is 113 cm³/mol. The molecule has 0 saturated carbocycles. The average molecular weight is 379 g/mol. The van der Waals surface area contributed by atoms with Crippen molar-refractivity contribution in [3.8, 4) is 0 Å². The van der Waals surface area contributed by atoms with Crippen LogP contribution in [0.5, 0.6) is 0 Å². The molecule has 0 atom stereocenters. The van der Waals surface area contributed by atoms with Crippen molar-refractivity contribution < 1.29 is 9.53 Å². The molecule has 0 aromatic heterocycles. The third-order valence-electron chi connectivity index (χ3n) is 6.17. The lowest BCUT2D eigenvalue weighted by Crippen LogP contribution is -2.35. The number of rotatable bonds is 4. The van der Waals surface area contributed by atoms with Gasteiger partial charge in [-0.25, -0.2) is 4.79 Å². The van der Waals surface area contributed by atoms with Crippen molar-refractivity contribution in [1.82, 2.24) is 4.90 Å². The molecule has 0 bridgehead atoms. The summed E-state index contributed by atoms with van der Waals surface area (Å²) in [5, 5.41) is 0. The SMILES string of the molecule is CN1CCC(OC(=O)c2ccc(N3CCC(c4ccccc4)CC3)cc2)CC1. The number of likely N-dealkylation sites (tertiary alicyclic amines) is 1. The fraction of sp³-hybridized carbons (Fsp3) is 0.458. The van der Waals surface area contributed by atoms with E-state index in [0.717, 1.165) is 39.0 Å². The maximum atomic E-state index is 12.4. The van der Waals surface area contributed by atoms with Crippen molar-refractivity contribution in [2.45, 2.75) is 37.7 Å². The predicted octanol–water partition coefficient (Wildman–Crippen LogP) is 4.32. The molecular weight excluding hydrogens is 348 g/mol. The zero-order chi connectivity index (χ0) is 19.3. The van der Waals surface area contributed by atoms with Crippen molar-refractivity contribution in [1.29, 1.82) is 0 Å². The smallest absolute Gasteiger partial charge is 0.338 e. The van der Waals surface area contributed by atoms with Crippen LogP contribution in [0.2, 0.25) is 0 Å². The Labute approximate surface area is 168 Å². The fourth-order valence-corrected chi connectivity index (χ4v) is 4.33. The summed E-state index contributed by atoms with van der Waals surface area (Å²) < 4.78 is 5.69. The summed E-state index contributed by atoms with van der Waals surface area (Å²) in [4.78, 5) is 17.1. The van der Waals surface area contributed by atoms with E-state index in [1.807, 2.05) is 12.1 Å². The number of carbonyl (C=O) groups excluding carboxylic acids is 1. The van der Waals surface area contributed by atoms with E-state index in [0.29, 0.717) is 11.5 Å². The Morgan fingerprint density at radius 1 is 0.857 bits per heavy atom. The normalized spacial score (nSPS) is 19.5. The van der Waals surface area contributed by atoms with Crippen LogP contribution in [0.25, 0.3) is 0 Å². The minimum atomic E-state index is -0.191. The summed E-state index contributed by atoms with van der Waals surface area (Å²) in [5.74, 6) is 0.463. The van der Waals surface area contributed by atoms with Gasteiger partial charge < -0.3 is 14.5 Å². The zero-order valence-electron chi connectivity index (χ0n) is 16.7. The molecule has 0 radical (unpaired) electrons. The van der Waals surface area contributed by atoms with E-state index in [9.17, 15) is 4.79 Å². The van der Waals surface area contributed by atoms with Crippen molar-refractivity contribution in [3.05, 3.63) is 65.7 Å².